The van der Waals surface area contributed by atoms with Crippen LogP contribution in [0.4, 0.5) is 0 Å². The lowest BCUT2D eigenvalue weighted by molar-refractivity contribution is -0.121. The Morgan fingerprint density at radius 3 is 3.00 bits per heavy atom. The second-order valence-electron chi connectivity index (χ2n) is 5.02. The molecule has 0 radical (unpaired) electrons. The van der Waals surface area contributed by atoms with Gasteiger partial charge in [-0.2, -0.15) is 0 Å². The van der Waals surface area contributed by atoms with Crippen molar-refractivity contribution < 1.29 is 24.0 Å². The fourth-order valence-corrected chi connectivity index (χ4v) is 2.81. The van der Waals surface area contributed by atoms with Crippen LogP contribution in [-0.4, -0.2) is 49.1 Å². The van der Waals surface area contributed by atoms with Crippen molar-refractivity contribution in [1.82, 2.24) is 5.32 Å². The molecule has 1 aliphatic heterocycles. The van der Waals surface area contributed by atoms with Crippen molar-refractivity contribution in [3.8, 4) is 0 Å². The molecule has 8 heteroatoms. The number of hydrogen-bond acceptors (Lipinski definition) is 6. The molecule has 1 fully saturated rings. The molecule has 6 nitrogen and oxygen atoms in total. The Labute approximate surface area is 127 Å². The number of hydrogen-bond donors (Lipinski definition) is 2. The summed E-state index contributed by atoms with van der Waals surface area (Å²) in [6.07, 6.45) is -0.0262. The first-order chi connectivity index (χ1) is 10.0. The smallest absolute Gasteiger partial charge is 0.426 e. The molecule has 2 N–H and O–H groups in total. The van der Waals surface area contributed by atoms with Gasteiger partial charge in [0.1, 0.15) is 5.78 Å². The summed E-state index contributed by atoms with van der Waals surface area (Å²) in [6.45, 7) is 1.85. The summed E-state index contributed by atoms with van der Waals surface area (Å²) < 4.78 is 10.7. The minimum absolute atomic E-state index is 0.0315. The fourth-order valence-electron chi connectivity index (χ4n) is 2.11. The van der Waals surface area contributed by atoms with Gasteiger partial charge in [-0.05, 0) is 18.4 Å². The van der Waals surface area contributed by atoms with Gasteiger partial charge in [0.05, 0.1) is 31.7 Å². The number of ether oxygens (including phenoxy) is 1. The maximum Gasteiger partial charge on any atom is 0.480 e. The second kappa shape index (κ2) is 7.70. The average molecular weight is 311 g/mol. The van der Waals surface area contributed by atoms with Crippen LogP contribution in [0.25, 0.3) is 0 Å². The molecule has 2 heterocycles. The number of thiophene rings is 1. The minimum Gasteiger partial charge on any atom is -0.426 e. The summed E-state index contributed by atoms with van der Waals surface area (Å²) in [5.41, 5.74) is 0. The monoisotopic (exact) mass is 311 g/mol. The molecular weight excluding hydrogens is 293 g/mol. The quantitative estimate of drug-likeness (QED) is 0.758. The van der Waals surface area contributed by atoms with E-state index in [1.54, 1.807) is 0 Å². The van der Waals surface area contributed by atoms with E-state index in [0.717, 1.165) is 4.88 Å². The van der Waals surface area contributed by atoms with Crippen molar-refractivity contribution >= 4 is 30.1 Å². The van der Waals surface area contributed by atoms with Gasteiger partial charge in [-0.1, -0.05) is 6.07 Å². The van der Waals surface area contributed by atoms with Crippen LogP contribution in [0.2, 0.25) is 0 Å². The maximum absolute atomic E-state index is 11.9. The number of nitrogens with one attached hydrogen (secondary N) is 1. The first-order valence-corrected chi connectivity index (χ1v) is 7.65. The van der Waals surface area contributed by atoms with E-state index in [2.05, 4.69) is 5.32 Å². The molecule has 1 unspecified atom stereocenters. The Hall–Kier alpha value is -1.22. The Balaban J connectivity index is 1.85. The van der Waals surface area contributed by atoms with E-state index in [1.165, 1.54) is 18.3 Å². The third-order valence-corrected chi connectivity index (χ3v) is 3.93. The van der Waals surface area contributed by atoms with Crippen molar-refractivity contribution in [2.24, 2.45) is 0 Å². The van der Waals surface area contributed by atoms with Crippen LogP contribution < -0.4 is 5.32 Å². The molecule has 1 aliphatic rings. The van der Waals surface area contributed by atoms with Crippen molar-refractivity contribution in [3.63, 3.8) is 0 Å². The minimum atomic E-state index is -1.18. The van der Waals surface area contributed by atoms with Gasteiger partial charge in [-0.3, -0.25) is 9.59 Å². The molecule has 0 saturated carbocycles. The molecule has 1 aromatic heterocycles. The molecule has 1 amide bonds. The van der Waals surface area contributed by atoms with Crippen molar-refractivity contribution in [1.29, 1.82) is 0 Å². The summed E-state index contributed by atoms with van der Waals surface area (Å²) in [5, 5.41) is 14.6. The zero-order valence-corrected chi connectivity index (χ0v) is 12.6. The van der Waals surface area contributed by atoms with Gasteiger partial charge in [0.15, 0.2) is 0 Å². The number of Topliss-reactive ketones (excluding diaryl/α,β-unsaturated/α-hetero) is 1. The normalized spacial score (nSPS) is 22.7. The van der Waals surface area contributed by atoms with Crippen LogP contribution in [0.15, 0.2) is 17.5 Å². The highest BCUT2D eigenvalue weighted by atomic mass is 32.1. The topological polar surface area (TPSA) is 84.9 Å². The number of carbonyl (C=O) groups excluding carboxylic acids is 2. The molecule has 2 atom stereocenters. The Kier molecular flexibility index (Phi) is 5.92. The van der Waals surface area contributed by atoms with Crippen LogP contribution in [0, 0.1) is 0 Å². The number of ketones is 1. The Bertz CT molecular complexity index is 481. The molecular formula is C13H18BNO5S. The molecule has 1 saturated heterocycles. The molecule has 21 heavy (non-hydrogen) atoms. The van der Waals surface area contributed by atoms with Gasteiger partial charge in [0.25, 0.3) is 0 Å². The van der Waals surface area contributed by atoms with Crippen LogP contribution >= 0.6 is 11.3 Å². The van der Waals surface area contributed by atoms with E-state index in [-0.39, 0.29) is 37.7 Å². The van der Waals surface area contributed by atoms with Gasteiger partial charge in [-0.15, -0.1) is 11.3 Å². The van der Waals surface area contributed by atoms with Gasteiger partial charge in [-0.25, -0.2) is 0 Å². The van der Waals surface area contributed by atoms with E-state index in [4.69, 9.17) is 9.39 Å². The summed E-state index contributed by atoms with van der Waals surface area (Å²) in [5.74, 6) is -0.857. The van der Waals surface area contributed by atoms with E-state index < -0.39 is 19.2 Å². The van der Waals surface area contributed by atoms with Gasteiger partial charge in [0, 0.05) is 11.3 Å². The van der Waals surface area contributed by atoms with Gasteiger partial charge >= 0.3 is 7.12 Å². The number of rotatable bonds is 5. The zero-order valence-electron chi connectivity index (χ0n) is 11.8. The molecule has 2 rings (SSSR count). The zero-order chi connectivity index (χ0) is 15.2. The second-order valence-corrected chi connectivity index (χ2v) is 6.05. The van der Waals surface area contributed by atoms with Crippen LogP contribution in [0.3, 0.4) is 0 Å². The molecule has 114 valence electrons. The van der Waals surface area contributed by atoms with E-state index in [0.29, 0.717) is 0 Å². The Morgan fingerprint density at radius 2 is 2.33 bits per heavy atom. The van der Waals surface area contributed by atoms with E-state index in [9.17, 15) is 14.6 Å². The highest BCUT2D eigenvalue weighted by molar-refractivity contribution is 7.10. The third kappa shape index (κ3) is 5.24. The van der Waals surface area contributed by atoms with Crippen LogP contribution in [0.1, 0.15) is 18.2 Å². The predicted molar refractivity (Wildman–Crippen MR) is 78.9 cm³/mol. The number of carbonyl (C=O) groups is 2. The SMILES string of the molecule is CC(=O)CC1COC[C@H](NC(=O)Cc2cccs2)B(O)O1. The molecule has 0 aliphatic carbocycles. The van der Waals surface area contributed by atoms with Gasteiger partial charge in [0.2, 0.25) is 5.91 Å². The van der Waals surface area contributed by atoms with Crippen molar-refractivity contribution in [2.75, 3.05) is 13.2 Å². The predicted octanol–water partition coefficient (Wildman–Crippen LogP) is 0.190. The summed E-state index contributed by atoms with van der Waals surface area (Å²) >= 11 is 1.50. The summed E-state index contributed by atoms with van der Waals surface area (Å²) in [6, 6.07) is 3.76. The first-order valence-electron chi connectivity index (χ1n) is 6.77. The summed E-state index contributed by atoms with van der Waals surface area (Å²) in [7, 11) is -1.18. The molecule has 0 aromatic carbocycles. The van der Waals surface area contributed by atoms with E-state index >= 15 is 0 Å². The lowest BCUT2D eigenvalue weighted by Crippen LogP contribution is -2.50. The Morgan fingerprint density at radius 1 is 1.52 bits per heavy atom. The van der Waals surface area contributed by atoms with Crippen LogP contribution in [0.5, 0.6) is 0 Å². The average Bonchev–Trinajstić information content (AvgIpc) is 2.83. The lowest BCUT2D eigenvalue weighted by atomic mass is 9.79. The molecule has 0 bridgehead atoms. The fraction of sp³-hybridized carbons (Fsp3) is 0.538. The lowest BCUT2D eigenvalue weighted by Gasteiger charge is -2.18. The van der Waals surface area contributed by atoms with Gasteiger partial charge < -0.3 is 19.7 Å². The van der Waals surface area contributed by atoms with E-state index in [1.807, 2.05) is 17.5 Å². The summed E-state index contributed by atoms with van der Waals surface area (Å²) in [4.78, 5) is 23.9. The van der Waals surface area contributed by atoms with Crippen LogP contribution in [-0.2, 0) is 25.4 Å². The third-order valence-electron chi connectivity index (χ3n) is 3.05. The van der Waals surface area contributed by atoms with Crippen molar-refractivity contribution in [2.45, 2.75) is 31.8 Å². The largest absolute Gasteiger partial charge is 0.480 e. The first kappa shape index (κ1) is 16.2. The van der Waals surface area contributed by atoms with Crippen molar-refractivity contribution in [3.05, 3.63) is 22.4 Å². The molecule has 1 aromatic rings. The maximum atomic E-state index is 11.9. The standard InChI is InChI=1S/C13H18BNO5S/c1-9(16)5-10-7-19-8-12(14(18)20-10)15-13(17)6-11-3-2-4-21-11/h2-4,10,12,18H,5-8H2,1H3,(H,15,17)/t10?,12-/m0/s1. The number of amides is 1. The molecule has 0 spiro atoms. The highest BCUT2D eigenvalue weighted by Gasteiger charge is 2.34. The highest BCUT2D eigenvalue weighted by Crippen LogP contribution is 2.11.